The first kappa shape index (κ1) is 14.6. The van der Waals surface area contributed by atoms with Crippen molar-refractivity contribution in [3.63, 3.8) is 0 Å². The topological polar surface area (TPSA) is 46.5 Å². The molecule has 1 atom stereocenters. The first-order valence-corrected chi connectivity index (χ1v) is 7.31. The Hall–Kier alpha value is -1.81. The predicted octanol–water partition coefficient (Wildman–Crippen LogP) is 3.78. The number of carbonyl (C=O) groups is 1. The summed E-state index contributed by atoms with van der Waals surface area (Å²) in [5, 5.41) is 11.5. The summed E-state index contributed by atoms with van der Waals surface area (Å²) >= 11 is 1.62. The number of benzene rings is 1. The van der Waals surface area contributed by atoms with Gasteiger partial charge >= 0.3 is 5.97 Å². The van der Waals surface area contributed by atoms with E-state index >= 15 is 0 Å². The van der Waals surface area contributed by atoms with Crippen LogP contribution in [0.15, 0.2) is 29.6 Å². The summed E-state index contributed by atoms with van der Waals surface area (Å²) in [6.07, 6.45) is 0.534. The van der Waals surface area contributed by atoms with Gasteiger partial charge in [0.25, 0.3) is 0 Å². The smallest absolute Gasteiger partial charge is 0.311 e. The van der Waals surface area contributed by atoms with Gasteiger partial charge in [-0.2, -0.15) is 0 Å². The molecule has 0 spiro atoms. The molecule has 2 aromatic rings. The second-order valence-corrected chi connectivity index (χ2v) is 5.84. The third kappa shape index (κ3) is 3.02. The number of carboxylic acids is 1. The van der Waals surface area contributed by atoms with E-state index < -0.39 is 11.9 Å². The van der Waals surface area contributed by atoms with Crippen molar-refractivity contribution in [2.45, 2.75) is 26.2 Å². The van der Waals surface area contributed by atoms with Crippen molar-refractivity contribution in [3.8, 4) is 5.75 Å². The number of hydrogen-bond acceptors (Lipinski definition) is 3. The van der Waals surface area contributed by atoms with E-state index in [4.69, 9.17) is 4.74 Å². The summed E-state index contributed by atoms with van der Waals surface area (Å²) in [5.41, 5.74) is 2.96. The molecular weight excluding hydrogens is 272 g/mol. The molecular formula is C16H18O3S. The molecule has 0 amide bonds. The molecule has 0 saturated heterocycles. The van der Waals surface area contributed by atoms with Crippen molar-refractivity contribution in [2.24, 2.45) is 0 Å². The highest BCUT2D eigenvalue weighted by molar-refractivity contribution is 7.10. The van der Waals surface area contributed by atoms with Crippen LogP contribution in [0, 0.1) is 13.8 Å². The van der Waals surface area contributed by atoms with Gasteiger partial charge in [0.2, 0.25) is 0 Å². The zero-order valence-electron chi connectivity index (χ0n) is 11.8. The first-order valence-electron chi connectivity index (χ1n) is 6.43. The van der Waals surface area contributed by atoms with Crippen LogP contribution >= 0.6 is 11.3 Å². The van der Waals surface area contributed by atoms with Gasteiger partial charge in [0.05, 0.1) is 13.0 Å². The molecule has 1 aromatic heterocycles. The normalized spacial score (nSPS) is 12.2. The molecule has 0 aliphatic heterocycles. The molecule has 20 heavy (non-hydrogen) atoms. The molecule has 3 nitrogen and oxygen atoms in total. The highest BCUT2D eigenvalue weighted by atomic mass is 32.1. The fourth-order valence-electron chi connectivity index (χ4n) is 2.30. The average molecular weight is 290 g/mol. The minimum Gasteiger partial charge on any atom is -0.497 e. The molecule has 0 radical (unpaired) electrons. The minimum atomic E-state index is -0.786. The number of aryl methyl sites for hydroxylation is 2. The van der Waals surface area contributed by atoms with Crippen LogP contribution in [-0.2, 0) is 11.2 Å². The van der Waals surface area contributed by atoms with E-state index in [1.54, 1.807) is 18.4 Å². The van der Waals surface area contributed by atoms with Crippen LogP contribution < -0.4 is 4.74 Å². The van der Waals surface area contributed by atoms with E-state index in [2.05, 4.69) is 0 Å². The van der Waals surface area contributed by atoms with Gasteiger partial charge in [0.1, 0.15) is 5.75 Å². The lowest BCUT2D eigenvalue weighted by molar-refractivity contribution is -0.138. The van der Waals surface area contributed by atoms with Gasteiger partial charge in [-0.3, -0.25) is 4.79 Å². The summed E-state index contributed by atoms with van der Waals surface area (Å²) < 4.78 is 5.17. The Morgan fingerprint density at radius 2 is 2.05 bits per heavy atom. The first-order chi connectivity index (χ1) is 9.52. The van der Waals surface area contributed by atoms with Gasteiger partial charge in [0.15, 0.2) is 0 Å². The lowest BCUT2D eigenvalue weighted by Gasteiger charge is -2.16. The monoisotopic (exact) mass is 290 g/mol. The van der Waals surface area contributed by atoms with E-state index in [-0.39, 0.29) is 0 Å². The number of ether oxygens (including phenoxy) is 1. The molecule has 106 valence electrons. The van der Waals surface area contributed by atoms with Gasteiger partial charge in [-0.15, -0.1) is 11.3 Å². The van der Waals surface area contributed by atoms with E-state index in [0.717, 1.165) is 27.3 Å². The second kappa shape index (κ2) is 6.09. The molecule has 0 fully saturated rings. The van der Waals surface area contributed by atoms with Crippen molar-refractivity contribution in [1.29, 1.82) is 0 Å². The van der Waals surface area contributed by atoms with E-state index in [0.29, 0.717) is 6.42 Å². The van der Waals surface area contributed by atoms with Gasteiger partial charge in [0, 0.05) is 4.88 Å². The Balaban J connectivity index is 2.34. The van der Waals surface area contributed by atoms with Crippen molar-refractivity contribution in [3.05, 3.63) is 51.2 Å². The fraction of sp³-hybridized carbons (Fsp3) is 0.312. The molecule has 1 aromatic carbocycles. The Morgan fingerprint density at radius 3 is 2.55 bits per heavy atom. The number of aliphatic carboxylic acids is 1. The van der Waals surface area contributed by atoms with Crippen molar-refractivity contribution in [1.82, 2.24) is 0 Å². The van der Waals surface area contributed by atoms with Crippen LogP contribution in [0.2, 0.25) is 0 Å². The van der Waals surface area contributed by atoms with Crippen LogP contribution in [0.4, 0.5) is 0 Å². The third-order valence-electron chi connectivity index (χ3n) is 3.51. The van der Waals surface area contributed by atoms with Crippen LogP contribution in [0.1, 0.15) is 27.5 Å². The highest BCUT2D eigenvalue weighted by Crippen LogP contribution is 2.30. The van der Waals surface area contributed by atoms with Gasteiger partial charge in [-0.05, 0) is 60.5 Å². The maximum Gasteiger partial charge on any atom is 0.311 e. The van der Waals surface area contributed by atoms with Crippen molar-refractivity contribution in [2.75, 3.05) is 7.11 Å². The molecule has 0 saturated carbocycles. The standard InChI is InChI=1S/C16H18O3S/c1-10-6-7-20-15(10)9-14(16(17)18)13-5-4-12(19-3)8-11(13)2/h4-8,14H,9H2,1-3H3,(H,17,18). The molecule has 0 bridgehead atoms. The van der Waals surface area contributed by atoms with Crippen LogP contribution in [-0.4, -0.2) is 18.2 Å². The predicted molar refractivity (Wildman–Crippen MR) is 80.9 cm³/mol. The van der Waals surface area contributed by atoms with Crippen LogP contribution in [0.25, 0.3) is 0 Å². The third-order valence-corrected chi connectivity index (χ3v) is 4.55. The lowest BCUT2D eigenvalue weighted by atomic mass is 9.91. The quantitative estimate of drug-likeness (QED) is 0.911. The zero-order valence-corrected chi connectivity index (χ0v) is 12.7. The average Bonchev–Trinajstić information content (AvgIpc) is 2.81. The van der Waals surface area contributed by atoms with E-state index in [1.807, 2.05) is 43.5 Å². The molecule has 4 heteroatoms. The molecule has 0 aliphatic carbocycles. The lowest BCUT2D eigenvalue weighted by Crippen LogP contribution is -2.15. The van der Waals surface area contributed by atoms with Gasteiger partial charge in [-0.1, -0.05) is 6.07 Å². The number of hydrogen-bond donors (Lipinski definition) is 1. The number of rotatable bonds is 5. The maximum atomic E-state index is 11.6. The van der Waals surface area contributed by atoms with Crippen LogP contribution in [0.5, 0.6) is 5.75 Å². The minimum absolute atomic E-state index is 0.516. The van der Waals surface area contributed by atoms with Crippen molar-refractivity contribution < 1.29 is 14.6 Å². The highest BCUT2D eigenvalue weighted by Gasteiger charge is 2.23. The number of thiophene rings is 1. The summed E-state index contributed by atoms with van der Waals surface area (Å²) in [4.78, 5) is 12.7. The number of methoxy groups -OCH3 is 1. The maximum absolute atomic E-state index is 11.6. The number of carboxylic acid groups (broad SMARTS) is 1. The molecule has 0 aliphatic rings. The van der Waals surface area contributed by atoms with Crippen molar-refractivity contribution >= 4 is 17.3 Å². The van der Waals surface area contributed by atoms with Gasteiger partial charge in [-0.25, -0.2) is 0 Å². The fourth-order valence-corrected chi connectivity index (χ4v) is 3.25. The molecule has 1 unspecified atom stereocenters. The van der Waals surface area contributed by atoms with E-state index in [9.17, 15) is 9.90 Å². The van der Waals surface area contributed by atoms with E-state index in [1.165, 1.54) is 0 Å². The zero-order chi connectivity index (χ0) is 14.7. The molecule has 1 N–H and O–H groups in total. The Morgan fingerprint density at radius 1 is 1.30 bits per heavy atom. The second-order valence-electron chi connectivity index (χ2n) is 4.84. The Labute approximate surface area is 122 Å². The van der Waals surface area contributed by atoms with Gasteiger partial charge < -0.3 is 9.84 Å². The SMILES string of the molecule is COc1ccc(C(Cc2sccc2C)C(=O)O)c(C)c1. The Kier molecular flexibility index (Phi) is 4.45. The summed E-state index contributed by atoms with van der Waals surface area (Å²) in [7, 11) is 1.61. The molecule has 2 rings (SSSR count). The molecule has 1 heterocycles. The van der Waals surface area contributed by atoms with Crippen LogP contribution in [0.3, 0.4) is 0 Å². The summed E-state index contributed by atoms with van der Waals surface area (Å²) in [6, 6.07) is 7.59. The summed E-state index contributed by atoms with van der Waals surface area (Å²) in [5.74, 6) is -0.549. The largest absolute Gasteiger partial charge is 0.497 e. The summed E-state index contributed by atoms with van der Waals surface area (Å²) in [6.45, 7) is 3.95. The Bertz CT molecular complexity index is 616.